The van der Waals surface area contributed by atoms with Gasteiger partial charge in [0.15, 0.2) is 17.7 Å². The third-order valence-corrected chi connectivity index (χ3v) is 8.50. The van der Waals surface area contributed by atoms with Gasteiger partial charge in [0.1, 0.15) is 24.0 Å². The van der Waals surface area contributed by atoms with E-state index in [2.05, 4.69) is 5.09 Å². The van der Waals surface area contributed by atoms with Crippen LogP contribution in [0.5, 0.6) is 5.75 Å². The molecule has 1 aromatic heterocycles. The number of hydrogen-bond acceptors (Lipinski definition) is 10. The van der Waals surface area contributed by atoms with Crippen molar-refractivity contribution in [2.45, 2.75) is 63.9 Å². The minimum Gasteiger partial charge on any atom is -0.462 e. The van der Waals surface area contributed by atoms with Crippen LogP contribution in [0, 0.1) is 0 Å². The van der Waals surface area contributed by atoms with Gasteiger partial charge in [0.05, 0.1) is 12.7 Å². The number of aliphatic hydroxyl groups is 1. The highest BCUT2D eigenvalue weighted by Crippen LogP contribution is 2.47. The highest BCUT2D eigenvalue weighted by Gasteiger charge is 2.56. The maximum absolute atomic E-state index is 15.7. The van der Waals surface area contributed by atoms with Crippen LogP contribution in [0.1, 0.15) is 49.8 Å². The van der Waals surface area contributed by atoms with Crippen LogP contribution >= 0.6 is 7.75 Å². The molecule has 0 bridgehead atoms. The number of halogens is 1. The van der Waals surface area contributed by atoms with Gasteiger partial charge in [-0.15, -0.1) is 0 Å². The predicted octanol–water partition coefficient (Wildman–Crippen LogP) is 3.55. The Balaban J connectivity index is 1.56. The molecular formula is C31H35FN3O10P. The lowest BCUT2D eigenvalue weighted by molar-refractivity contribution is -0.149. The summed E-state index contributed by atoms with van der Waals surface area (Å²) >= 11 is 0. The number of aromatic nitrogens is 2. The van der Waals surface area contributed by atoms with Gasteiger partial charge in [-0.05, 0) is 51.5 Å². The number of hydrogen-bond donors (Lipinski definition) is 3. The van der Waals surface area contributed by atoms with Crippen LogP contribution in [0.25, 0.3) is 6.08 Å². The van der Waals surface area contributed by atoms with Crippen molar-refractivity contribution in [2.24, 2.45) is 0 Å². The Bertz CT molecular complexity index is 1740. The fraction of sp³-hybridized carbons (Fsp3) is 0.355. The molecule has 246 valence electrons. The summed E-state index contributed by atoms with van der Waals surface area (Å²) in [7, 11) is -4.55. The molecule has 1 saturated heterocycles. The molecule has 6 unspecified atom stereocenters. The van der Waals surface area contributed by atoms with Crippen molar-refractivity contribution in [1.29, 1.82) is 0 Å². The quantitative estimate of drug-likeness (QED) is 0.106. The van der Waals surface area contributed by atoms with E-state index >= 15 is 4.39 Å². The second kappa shape index (κ2) is 14.5. The van der Waals surface area contributed by atoms with E-state index in [1.165, 1.54) is 37.3 Å². The van der Waals surface area contributed by atoms with E-state index in [1.54, 1.807) is 19.9 Å². The number of nitrogens with one attached hydrogen (secondary N) is 2. The van der Waals surface area contributed by atoms with Gasteiger partial charge >= 0.3 is 19.4 Å². The highest BCUT2D eigenvalue weighted by molar-refractivity contribution is 7.52. The summed E-state index contributed by atoms with van der Waals surface area (Å²) < 4.78 is 52.5. The van der Waals surface area contributed by atoms with Crippen LogP contribution in [0.15, 0.2) is 82.5 Å². The third-order valence-electron chi connectivity index (χ3n) is 6.86. The van der Waals surface area contributed by atoms with Crippen molar-refractivity contribution < 1.29 is 42.2 Å². The number of carbonyl (C=O) groups is 2. The van der Waals surface area contributed by atoms with Crippen molar-refractivity contribution in [3.8, 4) is 5.75 Å². The number of H-pyrrole nitrogens is 1. The van der Waals surface area contributed by atoms with Crippen LogP contribution in [0.2, 0.25) is 0 Å². The van der Waals surface area contributed by atoms with E-state index in [0.29, 0.717) is 0 Å². The molecule has 3 aromatic rings. The third kappa shape index (κ3) is 8.53. The maximum atomic E-state index is 15.7. The normalized spacial score (nSPS) is 23.2. The van der Waals surface area contributed by atoms with Gasteiger partial charge in [0.25, 0.3) is 5.56 Å². The molecule has 0 radical (unpaired) electrons. The highest BCUT2D eigenvalue weighted by atomic mass is 31.2. The number of ketones is 1. The lowest BCUT2D eigenvalue weighted by atomic mass is 9.98. The fourth-order valence-electron chi connectivity index (χ4n) is 4.53. The summed E-state index contributed by atoms with van der Waals surface area (Å²) in [6.45, 7) is 4.87. The predicted molar refractivity (Wildman–Crippen MR) is 165 cm³/mol. The van der Waals surface area contributed by atoms with Crippen molar-refractivity contribution >= 4 is 25.6 Å². The number of esters is 1. The first kappa shape index (κ1) is 34.7. The maximum Gasteiger partial charge on any atom is 0.459 e. The van der Waals surface area contributed by atoms with Gasteiger partial charge in [-0.1, -0.05) is 48.5 Å². The molecule has 0 amide bonds. The van der Waals surface area contributed by atoms with Gasteiger partial charge in [0.2, 0.25) is 0 Å². The summed E-state index contributed by atoms with van der Waals surface area (Å²) in [6.07, 6.45) is -1.52. The number of carbonyl (C=O) groups excluding carboxylic acids is 2. The summed E-state index contributed by atoms with van der Waals surface area (Å²) in [5.41, 5.74) is -3.24. The molecule has 0 spiro atoms. The summed E-state index contributed by atoms with van der Waals surface area (Å²) in [4.78, 5) is 51.1. The lowest BCUT2D eigenvalue weighted by Crippen LogP contribution is -2.43. The van der Waals surface area contributed by atoms with E-state index in [9.17, 15) is 28.8 Å². The Morgan fingerprint density at radius 2 is 1.87 bits per heavy atom. The SMILES string of the molecule is CC(C)OC(=O)C(C)NP(=O)(OCC1OC(n2ccc(=O)[nH]c2=O)C(C)(F)C1O)Oc1cccc(C(=O)C=Cc2ccccc2)c1. The molecule has 1 aliphatic heterocycles. The molecule has 2 heterocycles. The van der Waals surface area contributed by atoms with E-state index in [-0.39, 0.29) is 17.1 Å². The minimum absolute atomic E-state index is 0.0693. The largest absolute Gasteiger partial charge is 0.462 e. The second-order valence-corrected chi connectivity index (χ2v) is 12.7. The first-order chi connectivity index (χ1) is 21.7. The Morgan fingerprint density at radius 3 is 2.54 bits per heavy atom. The van der Waals surface area contributed by atoms with E-state index < -0.39 is 67.8 Å². The van der Waals surface area contributed by atoms with Crippen molar-refractivity contribution in [2.75, 3.05) is 6.61 Å². The first-order valence-electron chi connectivity index (χ1n) is 14.3. The van der Waals surface area contributed by atoms with Gasteiger partial charge in [-0.25, -0.2) is 13.8 Å². The van der Waals surface area contributed by atoms with Crippen molar-refractivity contribution in [3.05, 3.63) is 105 Å². The van der Waals surface area contributed by atoms with Crippen LogP contribution in [-0.2, 0) is 23.4 Å². The van der Waals surface area contributed by atoms with Crippen LogP contribution in [0.3, 0.4) is 0 Å². The molecule has 15 heteroatoms. The lowest BCUT2D eigenvalue weighted by Gasteiger charge is -2.25. The number of aromatic amines is 1. The summed E-state index contributed by atoms with van der Waals surface area (Å²) in [5, 5.41) is 13.2. The standard InChI is InChI=1S/C31H35FN3O10P/c1-19(2)43-28(39)20(3)34-46(41,45-23-12-8-11-22(17-23)24(36)14-13-21-9-6-5-7-10-21)42-18-25-27(38)31(4,32)29(44-25)35-16-15-26(37)33-30(35)40/h5-17,19-20,25,27,29,38H,18H2,1-4H3,(H,34,41)(H,33,37,40). The van der Waals surface area contributed by atoms with E-state index in [1.807, 2.05) is 35.3 Å². The number of nitrogens with zero attached hydrogens (tertiary/aromatic N) is 1. The van der Waals surface area contributed by atoms with Gasteiger partial charge in [-0.2, -0.15) is 5.09 Å². The molecule has 0 aliphatic carbocycles. The molecule has 2 aromatic carbocycles. The molecule has 0 saturated carbocycles. The summed E-state index contributed by atoms with van der Waals surface area (Å²) in [6, 6.07) is 14.7. The smallest absolute Gasteiger partial charge is 0.459 e. The second-order valence-electron chi connectivity index (χ2n) is 11.0. The average molecular weight is 660 g/mol. The molecule has 6 atom stereocenters. The first-order valence-corrected chi connectivity index (χ1v) is 15.9. The molecule has 46 heavy (non-hydrogen) atoms. The molecule has 13 nitrogen and oxygen atoms in total. The number of aliphatic hydroxyl groups excluding tert-OH is 1. The number of benzene rings is 2. The number of allylic oxidation sites excluding steroid dienone is 1. The Labute approximate surface area is 263 Å². The number of rotatable bonds is 13. The number of alkyl halides is 1. The fourth-order valence-corrected chi connectivity index (χ4v) is 6.02. The van der Waals surface area contributed by atoms with E-state index in [0.717, 1.165) is 29.3 Å². The summed E-state index contributed by atoms with van der Waals surface area (Å²) in [5.74, 6) is -1.22. The zero-order valence-corrected chi connectivity index (χ0v) is 26.4. The molecule has 3 N–H and O–H groups in total. The van der Waals surface area contributed by atoms with Gasteiger partial charge < -0.3 is 19.1 Å². The topological polar surface area (TPSA) is 175 Å². The zero-order valence-electron chi connectivity index (χ0n) is 25.5. The van der Waals surface area contributed by atoms with Crippen molar-refractivity contribution in [1.82, 2.24) is 14.6 Å². The molecule has 1 aliphatic rings. The molecular weight excluding hydrogens is 624 g/mol. The number of ether oxygens (including phenoxy) is 2. The van der Waals surface area contributed by atoms with E-state index in [4.69, 9.17) is 18.5 Å². The molecule has 1 fully saturated rings. The van der Waals surface area contributed by atoms with Crippen LogP contribution in [-0.4, -0.2) is 63.0 Å². The minimum atomic E-state index is -4.55. The Kier molecular flexibility index (Phi) is 10.9. The van der Waals surface area contributed by atoms with Crippen LogP contribution < -0.4 is 20.9 Å². The average Bonchev–Trinajstić information content (AvgIpc) is 3.22. The van der Waals surface area contributed by atoms with Crippen LogP contribution in [0.4, 0.5) is 4.39 Å². The Hall–Kier alpha value is -4.20. The molecule has 4 rings (SSSR count). The zero-order chi connectivity index (χ0) is 33.6. The van der Waals surface area contributed by atoms with Gasteiger partial charge in [0, 0.05) is 17.8 Å². The van der Waals surface area contributed by atoms with Gasteiger partial charge in [-0.3, -0.25) is 28.5 Å². The Morgan fingerprint density at radius 1 is 1.15 bits per heavy atom. The van der Waals surface area contributed by atoms with Crippen molar-refractivity contribution in [3.63, 3.8) is 0 Å². The monoisotopic (exact) mass is 659 g/mol.